The van der Waals surface area contributed by atoms with Crippen molar-refractivity contribution in [1.82, 2.24) is 14.5 Å². The van der Waals surface area contributed by atoms with Crippen molar-refractivity contribution in [2.24, 2.45) is 0 Å². The molecule has 2 rings (SSSR count). The Morgan fingerprint density at radius 1 is 1.14 bits per heavy atom. The van der Waals surface area contributed by atoms with Crippen LogP contribution >= 0.6 is 0 Å². The Morgan fingerprint density at radius 3 is 2.23 bits per heavy atom. The van der Waals surface area contributed by atoms with Gasteiger partial charge in [0, 0.05) is 23.3 Å². The van der Waals surface area contributed by atoms with Crippen molar-refractivity contribution in [3.63, 3.8) is 0 Å². The van der Waals surface area contributed by atoms with E-state index in [2.05, 4.69) is 9.82 Å². The van der Waals surface area contributed by atoms with Crippen molar-refractivity contribution in [3.8, 4) is 11.3 Å². The third-order valence-corrected chi connectivity index (χ3v) is 4.76. The van der Waals surface area contributed by atoms with Crippen LogP contribution in [0.15, 0.2) is 41.4 Å². The summed E-state index contributed by atoms with van der Waals surface area (Å²) in [5, 5.41) is 4.47. The molecule has 0 aliphatic carbocycles. The molecular weight excluding hydrogens is 298 g/mol. The van der Waals surface area contributed by atoms with E-state index in [1.165, 1.54) is 0 Å². The lowest BCUT2D eigenvalue weighted by atomic mass is 10.1. The first-order chi connectivity index (χ1) is 10.1. The molecule has 0 unspecified atom stereocenters. The van der Waals surface area contributed by atoms with Gasteiger partial charge in [0.1, 0.15) is 10.6 Å². The number of nitrogens with one attached hydrogen (secondary N) is 1. The molecule has 1 aromatic carbocycles. The average molecular weight is 321 g/mol. The molecule has 0 atom stereocenters. The first-order valence-corrected chi connectivity index (χ1v) is 8.77. The summed E-state index contributed by atoms with van der Waals surface area (Å²) in [6.07, 6.45) is 1.60. The second-order valence-corrected chi connectivity index (χ2v) is 8.29. The highest BCUT2D eigenvalue weighted by Gasteiger charge is 2.28. The molecule has 6 heteroatoms. The Hall–Kier alpha value is -1.66. The largest absolute Gasteiger partial charge is 0.268 e. The van der Waals surface area contributed by atoms with Crippen LogP contribution in [0.5, 0.6) is 0 Å². The molecule has 1 heterocycles. The van der Waals surface area contributed by atoms with Crippen LogP contribution in [-0.4, -0.2) is 23.7 Å². The van der Waals surface area contributed by atoms with E-state index in [4.69, 9.17) is 0 Å². The van der Waals surface area contributed by atoms with Gasteiger partial charge in [0.25, 0.3) is 0 Å². The molecule has 0 saturated carbocycles. The number of aromatic nitrogens is 2. The van der Waals surface area contributed by atoms with Crippen LogP contribution in [0.3, 0.4) is 0 Å². The minimum absolute atomic E-state index is 0.0843. The molecule has 2 aromatic rings. The average Bonchev–Trinajstić information content (AvgIpc) is 2.83. The molecule has 22 heavy (non-hydrogen) atoms. The third kappa shape index (κ3) is 3.75. The molecule has 0 aliphatic rings. The summed E-state index contributed by atoms with van der Waals surface area (Å²) in [5.74, 6) is 0. The van der Waals surface area contributed by atoms with Crippen LogP contribution in [0.4, 0.5) is 0 Å². The van der Waals surface area contributed by atoms with Crippen LogP contribution in [0.25, 0.3) is 11.3 Å². The van der Waals surface area contributed by atoms with Crippen LogP contribution in [0.2, 0.25) is 0 Å². The van der Waals surface area contributed by atoms with Crippen LogP contribution in [0.1, 0.15) is 40.7 Å². The lowest BCUT2D eigenvalue weighted by Gasteiger charge is -2.20. The first-order valence-electron chi connectivity index (χ1n) is 7.29. The van der Waals surface area contributed by atoms with Gasteiger partial charge < -0.3 is 0 Å². The number of benzene rings is 1. The zero-order valence-corrected chi connectivity index (χ0v) is 14.5. The molecular formula is C16H23N3O2S. The van der Waals surface area contributed by atoms with Gasteiger partial charge in [0.2, 0.25) is 10.0 Å². The van der Waals surface area contributed by atoms with Crippen molar-refractivity contribution in [2.75, 3.05) is 0 Å². The summed E-state index contributed by atoms with van der Waals surface area (Å²) in [6.45, 7) is 9.39. The van der Waals surface area contributed by atoms with Crippen molar-refractivity contribution in [2.45, 2.75) is 51.1 Å². The zero-order chi connectivity index (χ0) is 16.5. The van der Waals surface area contributed by atoms with Crippen molar-refractivity contribution < 1.29 is 8.42 Å². The summed E-state index contributed by atoms with van der Waals surface area (Å²) in [4.78, 5) is 0.210. The summed E-state index contributed by atoms with van der Waals surface area (Å²) in [7, 11) is -3.64. The zero-order valence-electron chi connectivity index (χ0n) is 13.7. The number of sulfonamides is 1. The Kier molecular flexibility index (Phi) is 4.44. The predicted octanol–water partition coefficient (Wildman–Crippen LogP) is 3.21. The molecule has 0 spiro atoms. The molecule has 0 amide bonds. The highest BCUT2D eigenvalue weighted by atomic mass is 32.2. The van der Waals surface area contributed by atoms with E-state index in [9.17, 15) is 8.42 Å². The number of hydrogen-bond donors (Lipinski definition) is 1. The smallest absolute Gasteiger partial charge is 0.244 e. The molecule has 0 bridgehead atoms. The van der Waals surface area contributed by atoms with E-state index >= 15 is 0 Å². The predicted molar refractivity (Wildman–Crippen MR) is 88.1 cm³/mol. The molecule has 1 aromatic heterocycles. The highest BCUT2D eigenvalue weighted by molar-refractivity contribution is 7.89. The normalized spacial score (nSPS) is 12.8. The van der Waals surface area contributed by atoms with Crippen LogP contribution in [-0.2, 0) is 10.0 Å². The van der Waals surface area contributed by atoms with Crippen molar-refractivity contribution in [1.29, 1.82) is 0 Å². The second kappa shape index (κ2) is 5.85. The first kappa shape index (κ1) is 16.7. The van der Waals surface area contributed by atoms with Gasteiger partial charge in [0.15, 0.2) is 0 Å². The van der Waals surface area contributed by atoms with E-state index in [0.717, 1.165) is 5.56 Å². The minimum Gasteiger partial charge on any atom is -0.268 e. The van der Waals surface area contributed by atoms with Gasteiger partial charge >= 0.3 is 0 Å². The van der Waals surface area contributed by atoms with Gasteiger partial charge in [-0.1, -0.05) is 30.3 Å². The second-order valence-electron chi connectivity index (χ2n) is 6.64. The summed E-state index contributed by atoms with van der Waals surface area (Å²) < 4.78 is 29.8. The summed E-state index contributed by atoms with van der Waals surface area (Å²) in [5.41, 5.74) is 0.717. The summed E-state index contributed by atoms with van der Waals surface area (Å²) >= 11 is 0. The third-order valence-electron chi connectivity index (χ3n) is 3.00. The molecule has 5 nitrogen and oxygen atoms in total. The Labute approximate surface area is 132 Å². The maximum Gasteiger partial charge on any atom is 0.244 e. The Bertz CT molecular complexity index is 741. The van der Waals surface area contributed by atoms with Crippen LogP contribution < -0.4 is 4.72 Å². The lowest BCUT2D eigenvalue weighted by Crippen LogP contribution is -2.40. The van der Waals surface area contributed by atoms with Gasteiger partial charge in [0.05, 0.1) is 0 Å². The monoisotopic (exact) mass is 321 g/mol. The van der Waals surface area contributed by atoms with E-state index in [-0.39, 0.29) is 10.9 Å². The van der Waals surface area contributed by atoms with Crippen LogP contribution in [0, 0.1) is 0 Å². The molecule has 0 radical (unpaired) electrons. The Morgan fingerprint density at radius 2 is 1.73 bits per heavy atom. The number of rotatable bonds is 4. The van der Waals surface area contributed by atoms with E-state index in [1.807, 2.05) is 65.0 Å². The highest BCUT2D eigenvalue weighted by Crippen LogP contribution is 2.27. The van der Waals surface area contributed by atoms with E-state index in [1.54, 1.807) is 10.9 Å². The standard InChI is InChI=1S/C16H23N3O2S/c1-12(2)19-11-14(22(20,21)18-16(3,4)5)15(17-19)13-9-7-6-8-10-13/h6-12,18H,1-5H3. The fourth-order valence-corrected chi connectivity index (χ4v) is 3.67. The molecule has 0 aliphatic heterocycles. The van der Waals surface area contributed by atoms with E-state index in [0.29, 0.717) is 5.69 Å². The molecule has 1 N–H and O–H groups in total. The van der Waals surface area contributed by atoms with Gasteiger partial charge in [-0.25, -0.2) is 13.1 Å². The van der Waals surface area contributed by atoms with Gasteiger partial charge in [-0.2, -0.15) is 5.10 Å². The summed E-state index contributed by atoms with van der Waals surface area (Å²) in [6, 6.07) is 9.45. The molecule has 0 saturated heterocycles. The number of hydrogen-bond acceptors (Lipinski definition) is 3. The number of nitrogens with zero attached hydrogens (tertiary/aromatic N) is 2. The SMILES string of the molecule is CC(C)n1cc(S(=O)(=O)NC(C)(C)C)c(-c2ccccc2)n1. The van der Waals surface area contributed by atoms with Gasteiger partial charge in [-0.05, 0) is 34.6 Å². The minimum atomic E-state index is -3.64. The van der Waals surface area contributed by atoms with E-state index < -0.39 is 15.6 Å². The fraction of sp³-hybridized carbons (Fsp3) is 0.438. The topological polar surface area (TPSA) is 64.0 Å². The van der Waals surface area contributed by atoms with Crippen molar-refractivity contribution >= 4 is 10.0 Å². The quantitative estimate of drug-likeness (QED) is 0.940. The molecule has 0 fully saturated rings. The maximum absolute atomic E-state index is 12.7. The van der Waals surface area contributed by atoms with Crippen molar-refractivity contribution in [3.05, 3.63) is 36.5 Å². The fourth-order valence-electron chi connectivity index (χ4n) is 2.09. The maximum atomic E-state index is 12.7. The molecule has 120 valence electrons. The Balaban J connectivity index is 2.60. The van der Waals surface area contributed by atoms with Gasteiger partial charge in [-0.3, -0.25) is 4.68 Å². The lowest BCUT2D eigenvalue weighted by molar-refractivity contribution is 0.491. The van der Waals surface area contributed by atoms with Gasteiger partial charge in [-0.15, -0.1) is 0 Å².